The van der Waals surface area contributed by atoms with Gasteiger partial charge in [0.1, 0.15) is 5.60 Å². The molecule has 0 atom stereocenters. The van der Waals surface area contributed by atoms with Gasteiger partial charge in [-0.15, -0.1) is 0 Å². The highest BCUT2D eigenvalue weighted by Crippen LogP contribution is 2.09. The van der Waals surface area contributed by atoms with Crippen LogP contribution < -0.4 is 0 Å². The lowest BCUT2D eigenvalue weighted by atomic mass is 10.1. The third-order valence-electron chi connectivity index (χ3n) is 4.87. The summed E-state index contributed by atoms with van der Waals surface area (Å²) >= 11 is 0. The van der Waals surface area contributed by atoms with Crippen molar-refractivity contribution in [1.82, 2.24) is 0 Å². The van der Waals surface area contributed by atoms with E-state index >= 15 is 0 Å². The number of unbranched alkanes of at least 4 members (excludes halogenated alkanes) is 7. The van der Waals surface area contributed by atoms with Crippen LogP contribution in [0, 0.1) is 0 Å². The van der Waals surface area contributed by atoms with Crippen LogP contribution in [0.2, 0.25) is 0 Å². The van der Waals surface area contributed by atoms with Crippen molar-refractivity contribution in [3.63, 3.8) is 0 Å². The Morgan fingerprint density at radius 3 is 1.23 bits per heavy atom. The first-order chi connectivity index (χ1) is 17.0. The van der Waals surface area contributed by atoms with Crippen molar-refractivity contribution < 1.29 is 38.0 Å². The molecule has 0 bridgehead atoms. The van der Waals surface area contributed by atoms with E-state index in [0.29, 0.717) is 72.7 Å². The Morgan fingerprint density at radius 1 is 0.486 bits per heavy atom. The van der Waals surface area contributed by atoms with Crippen LogP contribution in [0.3, 0.4) is 0 Å². The molecular weight excluding hydrogens is 452 g/mol. The van der Waals surface area contributed by atoms with E-state index in [1.54, 1.807) is 0 Å². The lowest BCUT2D eigenvalue weighted by Gasteiger charge is -2.19. The highest BCUT2D eigenvalue weighted by molar-refractivity contribution is 5.69. The highest BCUT2D eigenvalue weighted by atomic mass is 16.6. The quantitative estimate of drug-likeness (QED) is 0.114. The van der Waals surface area contributed by atoms with E-state index in [1.807, 2.05) is 20.8 Å². The summed E-state index contributed by atoms with van der Waals surface area (Å²) in [6, 6.07) is 0. The van der Waals surface area contributed by atoms with Crippen LogP contribution in [0.4, 0.5) is 0 Å². The summed E-state index contributed by atoms with van der Waals surface area (Å²) in [6.45, 7) is 14.3. The Kier molecular flexibility index (Phi) is 25.7. The third-order valence-corrected chi connectivity index (χ3v) is 4.87. The van der Waals surface area contributed by atoms with Crippen molar-refractivity contribution in [1.29, 1.82) is 0 Å². The third kappa shape index (κ3) is 31.2. The van der Waals surface area contributed by atoms with Gasteiger partial charge in [0.25, 0.3) is 0 Å². The molecule has 0 amide bonds. The topological polar surface area (TPSA) is 81.7 Å². The van der Waals surface area contributed by atoms with E-state index in [-0.39, 0.29) is 12.4 Å². The molecule has 0 saturated heterocycles. The summed E-state index contributed by atoms with van der Waals surface area (Å²) in [6.07, 6.45) is 10.8. The summed E-state index contributed by atoms with van der Waals surface area (Å²) in [4.78, 5) is 11.5. The van der Waals surface area contributed by atoms with Gasteiger partial charge in [0, 0.05) is 6.61 Å². The zero-order valence-corrected chi connectivity index (χ0v) is 23.1. The molecule has 0 unspecified atom stereocenters. The van der Waals surface area contributed by atoms with Gasteiger partial charge < -0.3 is 33.2 Å². The second-order valence-electron chi connectivity index (χ2n) is 9.49. The molecule has 8 heteroatoms. The Hall–Kier alpha value is -0.770. The minimum Gasteiger partial charge on any atom is -0.460 e. The molecule has 35 heavy (non-hydrogen) atoms. The summed E-state index contributed by atoms with van der Waals surface area (Å²) in [5.41, 5.74) is -0.458. The number of carbonyl (C=O) groups excluding carboxylic acids is 1. The number of hydrogen-bond donors (Lipinski definition) is 0. The maximum absolute atomic E-state index is 11.5. The van der Waals surface area contributed by atoms with Gasteiger partial charge in [0.2, 0.25) is 0 Å². The molecule has 0 saturated carbocycles. The average Bonchev–Trinajstić information content (AvgIpc) is 2.80. The highest BCUT2D eigenvalue weighted by Gasteiger charge is 2.15. The van der Waals surface area contributed by atoms with Crippen LogP contribution >= 0.6 is 0 Å². The molecule has 0 radical (unpaired) electrons. The fourth-order valence-electron chi connectivity index (χ4n) is 3.09. The molecule has 0 rings (SSSR count). The monoisotopic (exact) mass is 506 g/mol. The maximum atomic E-state index is 11.5. The first kappa shape index (κ1) is 34.2. The van der Waals surface area contributed by atoms with Gasteiger partial charge in [0.05, 0.1) is 79.1 Å². The number of ether oxygens (including phenoxy) is 7. The molecule has 0 aliphatic heterocycles. The fraction of sp³-hybridized carbons (Fsp3) is 0.963. The Balaban J connectivity index is 3.09. The summed E-state index contributed by atoms with van der Waals surface area (Å²) in [5.74, 6) is -0.251. The Morgan fingerprint density at radius 2 is 0.829 bits per heavy atom. The molecule has 0 spiro atoms. The molecule has 0 aromatic carbocycles. The number of rotatable bonds is 27. The van der Waals surface area contributed by atoms with Crippen LogP contribution in [0.1, 0.15) is 85.5 Å². The van der Waals surface area contributed by atoms with Crippen molar-refractivity contribution in [2.75, 3.05) is 79.3 Å². The molecule has 0 aliphatic rings. The molecule has 0 N–H and O–H groups in total. The van der Waals surface area contributed by atoms with Crippen LogP contribution in [0.5, 0.6) is 0 Å². The van der Waals surface area contributed by atoms with E-state index < -0.39 is 5.60 Å². The van der Waals surface area contributed by atoms with Crippen molar-refractivity contribution >= 4 is 5.97 Å². The summed E-state index contributed by atoms with van der Waals surface area (Å²) in [7, 11) is 0. The predicted molar refractivity (Wildman–Crippen MR) is 138 cm³/mol. The van der Waals surface area contributed by atoms with Gasteiger partial charge in [0.15, 0.2) is 0 Å². The van der Waals surface area contributed by atoms with Gasteiger partial charge in [-0.1, -0.05) is 51.9 Å². The van der Waals surface area contributed by atoms with Gasteiger partial charge in [-0.25, -0.2) is 0 Å². The van der Waals surface area contributed by atoms with E-state index in [2.05, 4.69) is 6.92 Å². The van der Waals surface area contributed by atoms with Gasteiger partial charge in [-0.3, -0.25) is 4.79 Å². The maximum Gasteiger partial charge on any atom is 0.308 e. The van der Waals surface area contributed by atoms with Crippen LogP contribution in [0.15, 0.2) is 0 Å². The van der Waals surface area contributed by atoms with Crippen LogP contribution in [-0.2, 0) is 38.0 Å². The van der Waals surface area contributed by atoms with Gasteiger partial charge in [-0.05, 0) is 27.2 Å². The van der Waals surface area contributed by atoms with Crippen molar-refractivity contribution in [2.24, 2.45) is 0 Å². The first-order valence-corrected chi connectivity index (χ1v) is 13.6. The molecule has 0 fully saturated rings. The van der Waals surface area contributed by atoms with Crippen LogP contribution in [-0.4, -0.2) is 90.9 Å². The predicted octanol–water partition coefficient (Wildman–Crippen LogP) is 4.96. The molecular formula is C27H54O8. The Bertz CT molecular complexity index is 439. The largest absolute Gasteiger partial charge is 0.460 e. The number of carbonyl (C=O) groups is 1. The molecule has 0 aromatic rings. The van der Waals surface area contributed by atoms with Crippen LogP contribution in [0.25, 0.3) is 0 Å². The second-order valence-corrected chi connectivity index (χ2v) is 9.49. The summed E-state index contributed by atoms with van der Waals surface area (Å²) in [5, 5.41) is 0. The lowest BCUT2D eigenvalue weighted by molar-refractivity contribution is -0.156. The summed E-state index contributed by atoms with van der Waals surface area (Å²) < 4.78 is 38.0. The standard InChI is InChI=1S/C27H54O8/c1-5-6-7-8-9-10-11-12-14-29-16-18-31-20-22-33-24-25-34-23-21-32-19-17-30-15-13-26(28)35-27(2,3)4/h5-25H2,1-4H3. The number of esters is 1. The molecule has 210 valence electrons. The zero-order valence-electron chi connectivity index (χ0n) is 23.1. The van der Waals surface area contributed by atoms with Gasteiger partial charge >= 0.3 is 5.97 Å². The molecule has 0 heterocycles. The van der Waals surface area contributed by atoms with Crippen molar-refractivity contribution in [3.8, 4) is 0 Å². The van der Waals surface area contributed by atoms with Crippen molar-refractivity contribution in [3.05, 3.63) is 0 Å². The van der Waals surface area contributed by atoms with E-state index in [4.69, 9.17) is 33.2 Å². The number of hydrogen-bond acceptors (Lipinski definition) is 8. The first-order valence-electron chi connectivity index (χ1n) is 13.6. The van der Waals surface area contributed by atoms with E-state index in [1.165, 1.54) is 44.9 Å². The van der Waals surface area contributed by atoms with E-state index in [0.717, 1.165) is 13.0 Å². The normalized spacial score (nSPS) is 11.8. The zero-order chi connectivity index (χ0) is 25.9. The van der Waals surface area contributed by atoms with E-state index in [9.17, 15) is 4.79 Å². The molecule has 0 aromatic heterocycles. The molecule has 8 nitrogen and oxygen atoms in total. The second kappa shape index (κ2) is 26.3. The minimum atomic E-state index is -0.458. The van der Waals surface area contributed by atoms with Gasteiger partial charge in [-0.2, -0.15) is 0 Å². The van der Waals surface area contributed by atoms with Crippen molar-refractivity contribution in [2.45, 2.75) is 91.1 Å². The SMILES string of the molecule is CCCCCCCCCCOCCOCCOCCOCCOCCOCCC(=O)OC(C)(C)C. The smallest absolute Gasteiger partial charge is 0.308 e. The lowest BCUT2D eigenvalue weighted by Crippen LogP contribution is -2.24. The molecule has 0 aliphatic carbocycles. The minimum absolute atomic E-state index is 0.249. The Labute approximate surface area is 214 Å². The average molecular weight is 507 g/mol. The fourth-order valence-corrected chi connectivity index (χ4v) is 3.09.